The SMILES string of the molecule is COc1ccc2c(c1)[C@H]1CCCC[C@H]1SCC2=O. The summed E-state index contributed by atoms with van der Waals surface area (Å²) in [7, 11) is 1.69. The fraction of sp³-hybridized carbons (Fsp3) is 0.533. The van der Waals surface area contributed by atoms with Crippen molar-refractivity contribution in [3.05, 3.63) is 29.3 Å². The first-order valence-electron chi connectivity index (χ1n) is 6.62. The van der Waals surface area contributed by atoms with Crippen molar-refractivity contribution < 1.29 is 9.53 Å². The summed E-state index contributed by atoms with van der Waals surface area (Å²) in [6.45, 7) is 0. The lowest BCUT2D eigenvalue weighted by atomic mass is 9.81. The van der Waals surface area contributed by atoms with Gasteiger partial charge in [0.15, 0.2) is 5.78 Å². The quantitative estimate of drug-likeness (QED) is 0.772. The Morgan fingerprint density at radius 2 is 2.11 bits per heavy atom. The molecule has 2 nitrogen and oxygen atoms in total. The van der Waals surface area contributed by atoms with E-state index >= 15 is 0 Å². The van der Waals surface area contributed by atoms with Crippen molar-refractivity contribution in [2.45, 2.75) is 36.9 Å². The van der Waals surface area contributed by atoms with Crippen LogP contribution in [0.1, 0.15) is 47.5 Å². The number of benzene rings is 1. The van der Waals surface area contributed by atoms with Gasteiger partial charge in [0, 0.05) is 10.8 Å². The normalized spacial score (nSPS) is 27.1. The highest BCUT2D eigenvalue weighted by molar-refractivity contribution is 8.00. The molecule has 1 saturated carbocycles. The highest BCUT2D eigenvalue weighted by Crippen LogP contribution is 2.44. The average Bonchev–Trinajstić information content (AvgIpc) is 2.57. The lowest BCUT2D eigenvalue weighted by molar-refractivity contribution is 0.102. The fourth-order valence-corrected chi connectivity index (χ4v) is 4.51. The van der Waals surface area contributed by atoms with Gasteiger partial charge in [-0.2, -0.15) is 0 Å². The van der Waals surface area contributed by atoms with E-state index in [2.05, 4.69) is 6.07 Å². The molecule has 0 spiro atoms. The van der Waals surface area contributed by atoms with Gasteiger partial charge in [-0.05, 0) is 42.5 Å². The molecule has 0 N–H and O–H groups in total. The second-order valence-corrected chi connectivity index (χ2v) is 6.34. The lowest BCUT2D eigenvalue weighted by Crippen LogP contribution is -2.19. The summed E-state index contributed by atoms with van der Waals surface area (Å²) in [6, 6.07) is 5.95. The molecular weight excluding hydrogens is 244 g/mol. The molecule has 3 rings (SSSR count). The first-order valence-corrected chi connectivity index (χ1v) is 7.67. The standard InChI is InChI=1S/C15H18O2S/c1-17-10-6-7-11-13(8-10)12-4-2-3-5-15(12)18-9-14(11)16/h6-8,12,15H,2-5,9H2,1H3/t12-,15-/m1/s1. The summed E-state index contributed by atoms with van der Waals surface area (Å²) in [6.07, 6.45) is 5.05. The van der Waals surface area contributed by atoms with Crippen LogP contribution in [0.5, 0.6) is 5.75 Å². The van der Waals surface area contributed by atoms with Gasteiger partial charge in [0.2, 0.25) is 0 Å². The molecule has 0 amide bonds. The first-order chi connectivity index (χ1) is 8.79. The van der Waals surface area contributed by atoms with Crippen molar-refractivity contribution in [1.82, 2.24) is 0 Å². The van der Waals surface area contributed by atoms with Crippen molar-refractivity contribution in [3.8, 4) is 5.75 Å². The molecule has 1 aromatic rings. The third-order valence-corrected chi connectivity index (χ3v) is 5.51. The Bertz CT molecular complexity index is 470. The maximum absolute atomic E-state index is 12.2. The van der Waals surface area contributed by atoms with Gasteiger partial charge in [0.1, 0.15) is 5.75 Å². The van der Waals surface area contributed by atoms with Crippen LogP contribution in [0.2, 0.25) is 0 Å². The number of hydrogen-bond acceptors (Lipinski definition) is 3. The Kier molecular flexibility index (Phi) is 3.33. The minimum atomic E-state index is 0.284. The molecule has 1 aliphatic heterocycles. The summed E-state index contributed by atoms with van der Waals surface area (Å²) in [5, 5.41) is 0.621. The number of rotatable bonds is 1. The molecule has 0 aromatic heterocycles. The zero-order valence-electron chi connectivity index (χ0n) is 10.6. The molecular formula is C15H18O2S. The molecule has 18 heavy (non-hydrogen) atoms. The molecule has 3 heteroatoms. The van der Waals surface area contributed by atoms with E-state index in [0.29, 0.717) is 16.9 Å². The van der Waals surface area contributed by atoms with Gasteiger partial charge < -0.3 is 4.74 Å². The molecule has 1 aliphatic carbocycles. The number of carbonyl (C=O) groups excluding carboxylic acids is 1. The van der Waals surface area contributed by atoms with Crippen LogP contribution >= 0.6 is 11.8 Å². The Hall–Kier alpha value is -0.960. The molecule has 0 unspecified atom stereocenters. The second kappa shape index (κ2) is 4.96. The van der Waals surface area contributed by atoms with E-state index in [-0.39, 0.29) is 5.78 Å². The number of ether oxygens (including phenoxy) is 1. The van der Waals surface area contributed by atoms with Gasteiger partial charge in [0.05, 0.1) is 12.9 Å². The van der Waals surface area contributed by atoms with Crippen molar-refractivity contribution in [3.63, 3.8) is 0 Å². The van der Waals surface area contributed by atoms with Crippen molar-refractivity contribution in [2.24, 2.45) is 0 Å². The van der Waals surface area contributed by atoms with Crippen LogP contribution in [0.4, 0.5) is 0 Å². The Balaban J connectivity index is 2.07. The van der Waals surface area contributed by atoms with Crippen LogP contribution in [-0.4, -0.2) is 23.9 Å². The number of carbonyl (C=O) groups is 1. The van der Waals surface area contributed by atoms with E-state index in [0.717, 1.165) is 11.3 Å². The van der Waals surface area contributed by atoms with Gasteiger partial charge in [-0.3, -0.25) is 4.79 Å². The average molecular weight is 262 g/mol. The van der Waals surface area contributed by atoms with Crippen molar-refractivity contribution in [1.29, 1.82) is 0 Å². The molecule has 0 bridgehead atoms. The largest absolute Gasteiger partial charge is 0.497 e. The lowest BCUT2D eigenvalue weighted by Gasteiger charge is -2.30. The minimum Gasteiger partial charge on any atom is -0.497 e. The van der Waals surface area contributed by atoms with Crippen LogP contribution in [0.15, 0.2) is 18.2 Å². The van der Waals surface area contributed by atoms with Crippen molar-refractivity contribution >= 4 is 17.5 Å². The summed E-state index contributed by atoms with van der Waals surface area (Å²) < 4.78 is 5.32. The van der Waals surface area contributed by atoms with Crippen LogP contribution < -0.4 is 4.74 Å². The number of thioether (sulfide) groups is 1. The van der Waals surface area contributed by atoms with E-state index < -0.39 is 0 Å². The monoisotopic (exact) mass is 262 g/mol. The third kappa shape index (κ3) is 2.05. The highest BCUT2D eigenvalue weighted by Gasteiger charge is 2.33. The van der Waals surface area contributed by atoms with E-state index in [9.17, 15) is 4.79 Å². The van der Waals surface area contributed by atoms with Crippen LogP contribution in [0, 0.1) is 0 Å². The van der Waals surface area contributed by atoms with Gasteiger partial charge in [-0.15, -0.1) is 11.8 Å². The topological polar surface area (TPSA) is 26.3 Å². The molecule has 0 saturated heterocycles. The molecule has 96 valence electrons. The van der Waals surface area contributed by atoms with Gasteiger partial charge >= 0.3 is 0 Å². The highest BCUT2D eigenvalue weighted by atomic mass is 32.2. The summed E-state index contributed by atoms with van der Waals surface area (Å²) >= 11 is 1.86. The van der Waals surface area contributed by atoms with Crippen LogP contribution in [0.25, 0.3) is 0 Å². The Labute approximate surface area is 112 Å². The fourth-order valence-electron chi connectivity index (χ4n) is 3.14. The van der Waals surface area contributed by atoms with E-state index in [4.69, 9.17) is 4.74 Å². The number of Topliss-reactive ketones (excluding diaryl/α,β-unsaturated/α-hetero) is 1. The first kappa shape index (κ1) is 12.1. The summed E-state index contributed by atoms with van der Waals surface area (Å²) in [5.41, 5.74) is 2.16. The number of fused-ring (bicyclic) bond motifs is 3. The maximum Gasteiger partial charge on any atom is 0.173 e. The van der Waals surface area contributed by atoms with E-state index in [1.54, 1.807) is 7.11 Å². The molecule has 1 heterocycles. The molecule has 1 aromatic carbocycles. The smallest absolute Gasteiger partial charge is 0.173 e. The zero-order valence-corrected chi connectivity index (χ0v) is 11.5. The molecule has 2 aliphatic rings. The van der Waals surface area contributed by atoms with Gasteiger partial charge in [-0.1, -0.05) is 12.8 Å². The molecule has 2 atom stereocenters. The van der Waals surface area contributed by atoms with E-state index in [1.165, 1.54) is 31.2 Å². The van der Waals surface area contributed by atoms with Crippen molar-refractivity contribution in [2.75, 3.05) is 12.9 Å². The predicted molar refractivity (Wildman–Crippen MR) is 74.8 cm³/mol. The minimum absolute atomic E-state index is 0.284. The molecule has 0 radical (unpaired) electrons. The summed E-state index contributed by atoms with van der Waals surface area (Å²) in [5.74, 6) is 2.34. The van der Waals surface area contributed by atoms with Gasteiger partial charge in [0.25, 0.3) is 0 Å². The Morgan fingerprint density at radius 1 is 1.28 bits per heavy atom. The number of methoxy groups -OCH3 is 1. The van der Waals surface area contributed by atoms with Gasteiger partial charge in [-0.25, -0.2) is 0 Å². The third-order valence-electron chi connectivity index (χ3n) is 4.09. The number of ketones is 1. The van der Waals surface area contributed by atoms with Crippen LogP contribution in [-0.2, 0) is 0 Å². The predicted octanol–water partition coefficient (Wildman–Crippen LogP) is 3.65. The second-order valence-electron chi connectivity index (χ2n) is 5.12. The Morgan fingerprint density at radius 3 is 2.94 bits per heavy atom. The summed E-state index contributed by atoms with van der Waals surface area (Å²) in [4.78, 5) is 12.2. The van der Waals surface area contributed by atoms with E-state index in [1.807, 2.05) is 23.9 Å². The number of hydrogen-bond donors (Lipinski definition) is 0. The maximum atomic E-state index is 12.2. The molecule has 1 fully saturated rings. The zero-order chi connectivity index (χ0) is 12.5. The van der Waals surface area contributed by atoms with Crippen LogP contribution in [0.3, 0.4) is 0 Å².